The van der Waals surface area contributed by atoms with Crippen molar-refractivity contribution in [1.82, 2.24) is 84.0 Å². The standard InChI is InChI=1S/C72H116N20O24/c1-12-34(6)53(67(111)90-55(38(10)96)69(113)91-56(39(11)97)71(115)116)88-64(108)46(24-33(4)5)84-62(106)47(26-41-28-76-31-78-41)82-57(101)35(7)79-61(105)45(23-32(2)3)83-63(107)48(27-52(99)100)85-65(109)49(29-93)86-60(104)44(15-13-21-77-72(74)75)81-66(110)51-16-14-22-92(51)70(114)50(30-94)87-58(102)36(8)80-68(112)54(37(9)95)89-59(103)43(73)25-40-17-19-42(98)20-18-40/h17-20,28,31-39,43-51,53-56,93-98H,12-16,21-27,29-30,73H2,1-11H3,(H,76,78)(H,79,105)(H,80,112)(H,81,110)(H,82,101)(H,83,107)(H,84,106)(H,85,109)(H,86,104)(H,87,102)(H,88,108)(H,89,103)(H,90,111)(H,91,113)(H,99,100)(H,115,116)(H4,74,75,77)/t34-,35-,36-,37+,38+,39+,43-,44-,45-,46-,47-,48-,49-,50-,51-,53-,54-,55-,56-/m0/s1. The molecule has 44 heteroatoms. The van der Waals surface area contributed by atoms with Crippen LogP contribution in [0.2, 0.25) is 0 Å². The first-order valence-corrected chi connectivity index (χ1v) is 37.9. The number of aromatic hydroxyl groups is 1. The Labute approximate surface area is 669 Å². The second-order valence-electron chi connectivity index (χ2n) is 29.4. The molecule has 28 N–H and O–H groups in total. The molecule has 0 bridgehead atoms. The van der Waals surface area contributed by atoms with Crippen LogP contribution in [0.5, 0.6) is 5.75 Å². The Balaban J connectivity index is 1.80. The third-order valence-electron chi connectivity index (χ3n) is 18.5. The fourth-order valence-electron chi connectivity index (χ4n) is 11.8. The average molecular weight is 1650 g/mol. The van der Waals surface area contributed by atoms with Crippen LogP contribution in [0.25, 0.3) is 0 Å². The molecule has 14 amide bonds. The lowest BCUT2D eigenvalue weighted by atomic mass is 9.96. The number of aromatic nitrogens is 2. The van der Waals surface area contributed by atoms with Crippen molar-refractivity contribution in [2.75, 3.05) is 26.3 Å². The van der Waals surface area contributed by atoms with Crippen LogP contribution in [0.1, 0.15) is 139 Å². The normalized spacial score (nSPS) is 17.3. The van der Waals surface area contributed by atoms with E-state index in [1.807, 2.05) is 0 Å². The van der Waals surface area contributed by atoms with Crippen LogP contribution in [-0.2, 0) is 89.6 Å². The lowest BCUT2D eigenvalue weighted by Crippen LogP contribution is -2.62. The van der Waals surface area contributed by atoms with Crippen LogP contribution in [-0.4, -0.2) is 292 Å². The minimum Gasteiger partial charge on any atom is -0.508 e. The molecule has 2 heterocycles. The zero-order valence-electron chi connectivity index (χ0n) is 66.7. The summed E-state index contributed by atoms with van der Waals surface area (Å²) in [4.78, 5) is 230. The number of likely N-dealkylation sites (tertiary alicyclic amines) is 1. The molecule has 0 radical (unpaired) electrons. The van der Waals surface area contributed by atoms with Gasteiger partial charge in [0.1, 0.15) is 84.3 Å². The van der Waals surface area contributed by atoms with Gasteiger partial charge < -0.3 is 137 Å². The summed E-state index contributed by atoms with van der Waals surface area (Å²) in [6.07, 6.45) is -3.76. The number of guanidine groups is 1. The van der Waals surface area contributed by atoms with Crippen molar-refractivity contribution in [3.8, 4) is 5.75 Å². The molecule has 116 heavy (non-hydrogen) atoms. The van der Waals surface area contributed by atoms with E-state index in [2.05, 4.69) is 84.1 Å². The largest absolute Gasteiger partial charge is 0.508 e. The molecule has 3 rings (SSSR count). The lowest BCUT2D eigenvalue weighted by molar-refractivity contribution is -0.146. The zero-order valence-corrected chi connectivity index (χ0v) is 66.7. The van der Waals surface area contributed by atoms with E-state index in [0.717, 1.165) is 18.7 Å². The highest BCUT2D eigenvalue weighted by molar-refractivity contribution is 6.01. The van der Waals surface area contributed by atoms with Crippen molar-refractivity contribution in [2.24, 2.45) is 39.9 Å². The summed E-state index contributed by atoms with van der Waals surface area (Å²) in [5.74, 6) is -19.8. The van der Waals surface area contributed by atoms with Crippen molar-refractivity contribution in [2.45, 2.75) is 249 Å². The lowest BCUT2D eigenvalue weighted by Gasteiger charge is -2.30. The van der Waals surface area contributed by atoms with Gasteiger partial charge in [-0.2, -0.15) is 0 Å². The molecule has 0 spiro atoms. The zero-order chi connectivity index (χ0) is 87.7. The van der Waals surface area contributed by atoms with Crippen molar-refractivity contribution in [3.63, 3.8) is 0 Å². The smallest absolute Gasteiger partial charge is 0.328 e. The van der Waals surface area contributed by atoms with Gasteiger partial charge in [-0.3, -0.25) is 76.9 Å². The van der Waals surface area contributed by atoms with Crippen molar-refractivity contribution in [3.05, 3.63) is 48.0 Å². The third kappa shape index (κ3) is 32.6. The van der Waals surface area contributed by atoms with Gasteiger partial charge >= 0.3 is 11.9 Å². The summed E-state index contributed by atoms with van der Waals surface area (Å²) < 4.78 is 0. The number of amides is 14. The van der Waals surface area contributed by atoms with Crippen LogP contribution < -0.4 is 86.3 Å². The number of nitrogens with one attached hydrogen (secondary N) is 14. The molecule has 0 unspecified atom stereocenters. The van der Waals surface area contributed by atoms with Gasteiger partial charge in [0.15, 0.2) is 12.0 Å². The van der Waals surface area contributed by atoms with Crippen LogP contribution in [0.3, 0.4) is 0 Å². The number of aliphatic hydroxyl groups excluding tert-OH is 5. The number of hydrogen-bond acceptors (Lipinski definition) is 25. The number of nitrogens with two attached hydrogens (primary N) is 3. The van der Waals surface area contributed by atoms with Crippen molar-refractivity contribution < 1.29 is 118 Å². The number of rotatable bonds is 49. The number of nitrogens with zero attached hydrogens (tertiary/aromatic N) is 3. The highest BCUT2D eigenvalue weighted by atomic mass is 16.4. The quantitative estimate of drug-likeness (QED) is 0.0166. The predicted octanol–water partition coefficient (Wildman–Crippen LogP) is -8.56. The Morgan fingerprint density at radius 3 is 1.46 bits per heavy atom. The number of hydrogen-bond donors (Lipinski definition) is 25. The molecule has 1 aromatic carbocycles. The number of carbonyl (C=O) groups is 16. The second-order valence-corrected chi connectivity index (χ2v) is 29.4. The number of carboxylic acid groups (broad SMARTS) is 2. The maximum absolute atomic E-state index is 14.4. The number of H-pyrrole nitrogens is 1. The molecular formula is C72H116N20O24. The van der Waals surface area contributed by atoms with Gasteiger partial charge in [-0.1, -0.05) is 60.1 Å². The van der Waals surface area contributed by atoms with Gasteiger partial charge in [0.2, 0.25) is 82.7 Å². The maximum Gasteiger partial charge on any atom is 0.328 e. The van der Waals surface area contributed by atoms with E-state index in [4.69, 9.17) is 17.2 Å². The highest BCUT2D eigenvalue weighted by Crippen LogP contribution is 2.21. The second kappa shape index (κ2) is 48.2. The summed E-state index contributed by atoms with van der Waals surface area (Å²) >= 11 is 0. The van der Waals surface area contributed by atoms with Gasteiger partial charge in [-0.15, -0.1) is 0 Å². The number of aliphatic hydroxyl groups is 5. The molecule has 1 fully saturated rings. The number of aliphatic imine (C=N–C) groups is 1. The van der Waals surface area contributed by atoms with Crippen LogP contribution in [0, 0.1) is 17.8 Å². The summed E-state index contributed by atoms with van der Waals surface area (Å²) in [5.41, 5.74) is 17.9. The van der Waals surface area contributed by atoms with Gasteiger partial charge in [0, 0.05) is 31.4 Å². The van der Waals surface area contributed by atoms with Crippen molar-refractivity contribution >= 4 is 101 Å². The molecule has 2 aromatic rings. The number of imidazole rings is 1. The molecule has 1 aliphatic rings. The number of aliphatic carboxylic acids is 2. The van der Waals surface area contributed by atoms with E-state index >= 15 is 0 Å². The van der Waals surface area contributed by atoms with Gasteiger partial charge in [-0.05, 0) is 115 Å². The number of phenols is 1. The molecular weight excluding hydrogens is 1530 g/mol. The minimum atomic E-state index is -2.06. The van der Waals surface area contributed by atoms with E-state index in [-0.39, 0.29) is 88.5 Å². The number of phenolic OH excluding ortho intramolecular Hbond substituents is 1. The first-order chi connectivity index (χ1) is 54.3. The SMILES string of the molecule is CC[C@H](C)[C@H](NC(=O)[C@H](CC(C)C)NC(=O)[C@H](Cc1cnc[nH]1)NC(=O)[C@H](C)NC(=O)[C@H](CC(C)C)NC(=O)[C@H](CC(=O)O)NC(=O)[C@H](CO)NC(=O)[C@H](CCCN=C(N)N)NC(=O)[C@@H]1CCCN1C(=O)[C@H](CO)NC(=O)[C@H](C)NC(=O)[C@@H](NC(=O)[C@@H](N)Cc1ccc(O)cc1)[C@@H](C)O)C(=O)N[C@H](C(=O)N[C@H](C(=O)O)[C@@H](C)O)[C@@H](C)O. The van der Waals surface area contributed by atoms with Crippen LogP contribution in [0.4, 0.5) is 0 Å². The third-order valence-corrected chi connectivity index (χ3v) is 18.5. The summed E-state index contributed by atoms with van der Waals surface area (Å²) in [7, 11) is 0. The van der Waals surface area contributed by atoms with E-state index in [9.17, 15) is 118 Å². The van der Waals surface area contributed by atoms with E-state index < -0.39 is 235 Å². The fraction of sp³-hybridized carbons (Fsp3) is 0.639. The Kier molecular flexibility index (Phi) is 41.1. The average Bonchev–Trinajstić information content (AvgIpc) is 1.67. The summed E-state index contributed by atoms with van der Waals surface area (Å²) in [6.45, 7) is 13.3. The number of aromatic amines is 1. The van der Waals surface area contributed by atoms with E-state index in [0.29, 0.717) is 11.3 Å². The molecule has 1 aliphatic heterocycles. The molecule has 19 atom stereocenters. The molecule has 1 saturated heterocycles. The van der Waals surface area contributed by atoms with Crippen LogP contribution >= 0.6 is 0 Å². The number of carbonyl (C=O) groups excluding carboxylic acids is 14. The topological polar surface area (TPSA) is 714 Å². The monoisotopic (exact) mass is 1640 g/mol. The number of benzene rings is 1. The molecule has 648 valence electrons. The molecule has 1 aromatic heterocycles. The summed E-state index contributed by atoms with van der Waals surface area (Å²) in [5, 5.41) is 112. The van der Waals surface area contributed by atoms with Crippen molar-refractivity contribution in [1.29, 1.82) is 0 Å². The number of carboxylic acids is 2. The van der Waals surface area contributed by atoms with Crippen LogP contribution in [0.15, 0.2) is 41.8 Å². The Morgan fingerprint density at radius 2 is 0.966 bits per heavy atom. The predicted molar refractivity (Wildman–Crippen MR) is 411 cm³/mol. The maximum atomic E-state index is 14.4. The molecule has 44 nitrogen and oxygen atoms in total. The van der Waals surface area contributed by atoms with Gasteiger partial charge in [0.25, 0.3) is 0 Å². The molecule has 0 saturated carbocycles. The first-order valence-electron chi connectivity index (χ1n) is 37.9. The summed E-state index contributed by atoms with van der Waals surface area (Å²) in [6, 6.07) is -18.5. The van der Waals surface area contributed by atoms with E-state index in [1.165, 1.54) is 57.6 Å². The Hall–Kier alpha value is -11.2. The molecule has 0 aliphatic carbocycles. The Morgan fingerprint density at radius 1 is 0.526 bits per heavy atom. The highest BCUT2D eigenvalue weighted by Gasteiger charge is 2.43. The fourth-order valence-corrected chi connectivity index (χ4v) is 11.8. The van der Waals surface area contributed by atoms with E-state index in [1.54, 1.807) is 41.5 Å². The van der Waals surface area contributed by atoms with Gasteiger partial charge in [0.05, 0.1) is 50.3 Å². The first kappa shape index (κ1) is 99.0. The van der Waals surface area contributed by atoms with Gasteiger partial charge in [-0.25, -0.2) is 9.78 Å². The minimum absolute atomic E-state index is 0.0210. The Bertz CT molecular complexity index is 3710.